The Bertz CT molecular complexity index is 345. The average molecular weight is 208 g/mol. The first-order valence-electron chi connectivity index (χ1n) is 4.76. The molecular weight excluding hydrogens is 192 g/mol. The first-order chi connectivity index (χ1) is 6.95. The molecule has 0 radical (unpaired) electrons. The highest BCUT2D eigenvalue weighted by Crippen LogP contribution is 2.15. The summed E-state index contributed by atoms with van der Waals surface area (Å²) in [4.78, 5) is 19.7. The normalized spacial score (nSPS) is 11.2. The van der Waals surface area contributed by atoms with Crippen molar-refractivity contribution in [1.82, 2.24) is 9.97 Å². The minimum Gasteiger partial charge on any atom is -0.329 e. The van der Waals surface area contributed by atoms with Crippen molar-refractivity contribution in [3.05, 3.63) is 18.2 Å². The number of carbonyl (C=O) groups excluding carboxylic acids is 1. The van der Waals surface area contributed by atoms with E-state index in [1.165, 1.54) is 0 Å². The summed E-state index contributed by atoms with van der Waals surface area (Å²) in [7, 11) is 0. The highest BCUT2D eigenvalue weighted by Gasteiger charge is 2.25. The molecule has 1 aromatic rings. The maximum Gasteiger partial charge on any atom is 0.231 e. The van der Waals surface area contributed by atoms with E-state index in [9.17, 15) is 4.79 Å². The summed E-state index contributed by atoms with van der Waals surface area (Å²) >= 11 is 0. The van der Waals surface area contributed by atoms with Crippen molar-refractivity contribution < 1.29 is 4.79 Å². The lowest BCUT2D eigenvalue weighted by atomic mass is 9.93. The van der Waals surface area contributed by atoms with Crippen molar-refractivity contribution >= 4 is 11.6 Å². The summed E-state index contributed by atoms with van der Waals surface area (Å²) in [5, 5.41) is 2.72. The third-order valence-electron chi connectivity index (χ3n) is 2.16. The molecule has 5 nitrogen and oxygen atoms in total. The topological polar surface area (TPSA) is 80.9 Å². The predicted molar refractivity (Wildman–Crippen MR) is 58.2 cm³/mol. The Hall–Kier alpha value is -1.49. The largest absolute Gasteiger partial charge is 0.329 e. The average Bonchev–Trinajstić information content (AvgIpc) is 2.21. The van der Waals surface area contributed by atoms with Gasteiger partial charge in [-0.1, -0.05) is 0 Å². The molecule has 0 unspecified atom stereocenters. The van der Waals surface area contributed by atoms with Crippen LogP contribution in [0.25, 0.3) is 0 Å². The van der Waals surface area contributed by atoms with Gasteiger partial charge in [-0.15, -0.1) is 0 Å². The van der Waals surface area contributed by atoms with Gasteiger partial charge in [0.15, 0.2) is 0 Å². The van der Waals surface area contributed by atoms with Gasteiger partial charge in [0.1, 0.15) is 5.82 Å². The van der Waals surface area contributed by atoms with E-state index in [1.807, 2.05) is 0 Å². The number of carbonyl (C=O) groups is 1. The molecule has 0 atom stereocenters. The zero-order valence-electron chi connectivity index (χ0n) is 9.24. The third-order valence-corrected chi connectivity index (χ3v) is 2.16. The molecule has 0 saturated carbocycles. The summed E-state index contributed by atoms with van der Waals surface area (Å²) in [6.07, 6.45) is 3.15. The lowest BCUT2D eigenvalue weighted by molar-refractivity contribution is -0.123. The number of aromatic nitrogens is 2. The molecule has 1 aromatic heterocycles. The second-order valence-electron chi connectivity index (χ2n) is 4.06. The number of aryl methyl sites for hydroxylation is 1. The van der Waals surface area contributed by atoms with E-state index >= 15 is 0 Å². The molecular formula is C10H16N4O. The van der Waals surface area contributed by atoms with Crippen LogP contribution in [0.5, 0.6) is 0 Å². The summed E-state index contributed by atoms with van der Waals surface area (Å²) < 4.78 is 0. The standard InChI is InChI=1S/C10H16N4O/c1-7-12-4-8(5-13-7)14-9(15)10(2,3)6-11/h4-5H,6,11H2,1-3H3,(H,14,15). The van der Waals surface area contributed by atoms with Crippen LogP contribution in [-0.2, 0) is 4.79 Å². The highest BCUT2D eigenvalue weighted by molar-refractivity contribution is 5.94. The lowest BCUT2D eigenvalue weighted by Gasteiger charge is -2.20. The first kappa shape index (κ1) is 11.6. The lowest BCUT2D eigenvalue weighted by Crippen LogP contribution is -2.37. The highest BCUT2D eigenvalue weighted by atomic mass is 16.2. The van der Waals surface area contributed by atoms with E-state index in [0.29, 0.717) is 18.1 Å². The predicted octanol–water partition coefficient (Wildman–Crippen LogP) is 0.708. The zero-order chi connectivity index (χ0) is 11.5. The van der Waals surface area contributed by atoms with Gasteiger partial charge in [0.2, 0.25) is 5.91 Å². The number of nitrogens with one attached hydrogen (secondary N) is 1. The number of nitrogens with two attached hydrogens (primary N) is 1. The monoisotopic (exact) mass is 208 g/mol. The Morgan fingerprint density at radius 2 is 2.00 bits per heavy atom. The smallest absolute Gasteiger partial charge is 0.231 e. The van der Waals surface area contributed by atoms with Crippen molar-refractivity contribution in [2.45, 2.75) is 20.8 Å². The van der Waals surface area contributed by atoms with Crippen molar-refractivity contribution in [3.63, 3.8) is 0 Å². The van der Waals surface area contributed by atoms with E-state index in [4.69, 9.17) is 5.73 Å². The van der Waals surface area contributed by atoms with E-state index < -0.39 is 5.41 Å². The SMILES string of the molecule is Cc1ncc(NC(=O)C(C)(C)CN)cn1. The molecule has 82 valence electrons. The Balaban J connectivity index is 2.71. The number of rotatable bonds is 3. The number of hydrogen-bond donors (Lipinski definition) is 2. The molecule has 0 aliphatic carbocycles. The van der Waals surface area contributed by atoms with Crippen molar-refractivity contribution in [2.24, 2.45) is 11.1 Å². The van der Waals surface area contributed by atoms with Gasteiger partial charge in [0, 0.05) is 6.54 Å². The second-order valence-corrected chi connectivity index (χ2v) is 4.06. The van der Waals surface area contributed by atoms with Gasteiger partial charge in [-0.25, -0.2) is 9.97 Å². The Morgan fingerprint density at radius 3 is 2.47 bits per heavy atom. The molecule has 0 aliphatic rings. The van der Waals surface area contributed by atoms with Gasteiger partial charge < -0.3 is 11.1 Å². The minimum absolute atomic E-state index is 0.127. The molecule has 0 bridgehead atoms. The molecule has 1 rings (SSSR count). The fourth-order valence-electron chi connectivity index (χ4n) is 0.850. The summed E-state index contributed by atoms with van der Waals surface area (Å²) in [6.45, 7) is 5.66. The number of hydrogen-bond acceptors (Lipinski definition) is 4. The van der Waals surface area contributed by atoms with Crippen LogP contribution in [0.15, 0.2) is 12.4 Å². The molecule has 0 aliphatic heterocycles. The van der Waals surface area contributed by atoms with E-state index in [1.54, 1.807) is 33.2 Å². The van der Waals surface area contributed by atoms with Crippen LogP contribution in [0.2, 0.25) is 0 Å². The van der Waals surface area contributed by atoms with Crippen molar-refractivity contribution in [2.75, 3.05) is 11.9 Å². The fourth-order valence-corrected chi connectivity index (χ4v) is 0.850. The van der Waals surface area contributed by atoms with Crippen LogP contribution >= 0.6 is 0 Å². The van der Waals surface area contributed by atoms with Crippen LogP contribution in [-0.4, -0.2) is 22.4 Å². The van der Waals surface area contributed by atoms with Crippen LogP contribution in [0, 0.1) is 12.3 Å². The number of amides is 1. The summed E-state index contributed by atoms with van der Waals surface area (Å²) in [6, 6.07) is 0. The summed E-state index contributed by atoms with van der Waals surface area (Å²) in [5.41, 5.74) is 5.50. The Morgan fingerprint density at radius 1 is 1.47 bits per heavy atom. The van der Waals surface area contributed by atoms with Gasteiger partial charge in [-0.3, -0.25) is 4.79 Å². The molecule has 0 saturated heterocycles. The van der Waals surface area contributed by atoms with Gasteiger partial charge >= 0.3 is 0 Å². The minimum atomic E-state index is -0.578. The quantitative estimate of drug-likeness (QED) is 0.766. The van der Waals surface area contributed by atoms with E-state index in [0.717, 1.165) is 0 Å². The molecule has 15 heavy (non-hydrogen) atoms. The van der Waals surface area contributed by atoms with E-state index in [-0.39, 0.29) is 5.91 Å². The second kappa shape index (κ2) is 4.35. The number of anilines is 1. The Kier molecular flexibility index (Phi) is 3.36. The van der Waals surface area contributed by atoms with Crippen molar-refractivity contribution in [1.29, 1.82) is 0 Å². The fraction of sp³-hybridized carbons (Fsp3) is 0.500. The molecule has 5 heteroatoms. The van der Waals surface area contributed by atoms with Crippen LogP contribution in [0.1, 0.15) is 19.7 Å². The van der Waals surface area contributed by atoms with Crippen LogP contribution in [0.3, 0.4) is 0 Å². The zero-order valence-corrected chi connectivity index (χ0v) is 9.24. The molecule has 1 amide bonds. The molecule has 0 aromatic carbocycles. The summed E-state index contributed by atoms with van der Waals surface area (Å²) in [5.74, 6) is 0.545. The molecule has 3 N–H and O–H groups in total. The van der Waals surface area contributed by atoms with Gasteiger partial charge in [0.05, 0.1) is 23.5 Å². The maximum absolute atomic E-state index is 11.7. The van der Waals surface area contributed by atoms with E-state index in [2.05, 4.69) is 15.3 Å². The van der Waals surface area contributed by atoms with Crippen LogP contribution < -0.4 is 11.1 Å². The van der Waals surface area contributed by atoms with Gasteiger partial charge in [-0.2, -0.15) is 0 Å². The van der Waals surface area contributed by atoms with Gasteiger partial charge in [0.25, 0.3) is 0 Å². The first-order valence-corrected chi connectivity index (χ1v) is 4.76. The third kappa shape index (κ3) is 2.99. The number of nitrogens with zero attached hydrogens (tertiary/aromatic N) is 2. The van der Waals surface area contributed by atoms with Crippen molar-refractivity contribution in [3.8, 4) is 0 Å². The molecule has 1 heterocycles. The molecule has 0 fully saturated rings. The molecule has 0 spiro atoms. The van der Waals surface area contributed by atoms with Gasteiger partial charge in [-0.05, 0) is 20.8 Å². The van der Waals surface area contributed by atoms with Crippen LogP contribution in [0.4, 0.5) is 5.69 Å². The Labute approximate surface area is 89.1 Å². The maximum atomic E-state index is 11.7.